The van der Waals surface area contributed by atoms with Gasteiger partial charge in [-0.25, -0.2) is 0 Å². The molecule has 1 nitrogen and oxygen atoms in total. The molecule has 2 heteroatoms. The Bertz CT molecular complexity index is 385. The van der Waals surface area contributed by atoms with Crippen LogP contribution in [0.4, 0.5) is 0 Å². The minimum atomic E-state index is 0.281. The van der Waals surface area contributed by atoms with E-state index in [-0.39, 0.29) is 5.41 Å². The highest BCUT2D eigenvalue weighted by molar-refractivity contribution is 7.99. The van der Waals surface area contributed by atoms with E-state index in [0.29, 0.717) is 0 Å². The zero-order valence-corrected chi connectivity index (χ0v) is 11.8. The highest BCUT2D eigenvalue weighted by Gasteiger charge is 2.15. The lowest BCUT2D eigenvalue weighted by atomic mass is 9.91. The Morgan fingerprint density at radius 1 is 1.24 bits per heavy atom. The number of rotatable bonds is 5. The predicted molar refractivity (Wildman–Crippen MR) is 76.6 cm³/mol. The summed E-state index contributed by atoms with van der Waals surface area (Å²) in [6.45, 7) is 5.27. The lowest BCUT2D eigenvalue weighted by molar-refractivity contribution is 0.368. The first kappa shape index (κ1) is 13.0. The van der Waals surface area contributed by atoms with Gasteiger partial charge in [0.2, 0.25) is 0 Å². The Morgan fingerprint density at radius 2 is 2.00 bits per heavy atom. The van der Waals surface area contributed by atoms with Crippen LogP contribution < -0.4 is 5.73 Å². The van der Waals surface area contributed by atoms with Gasteiger partial charge in [-0.05, 0) is 66.7 Å². The van der Waals surface area contributed by atoms with E-state index in [1.165, 1.54) is 36.3 Å². The van der Waals surface area contributed by atoms with Crippen LogP contribution in [0.2, 0.25) is 0 Å². The van der Waals surface area contributed by atoms with Crippen LogP contribution in [0.15, 0.2) is 23.1 Å². The number of hydrogen-bond donors (Lipinski definition) is 1. The van der Waals surface area contributed by atoms with Gasteiger partial charge in [-0.1, -0.05) is 19.9 Å². The average Bonchev–Trinajstić information content (AvgIpc) is 2.76. The molecule has 0 unspecified atom stereocenters. The van der Waals surface area contributed by atoms with E-state index in [1.807, 2.05) is 11.8 Å². The van der Waals surface area contributed by atoms with E-state index in [0.717, 1.165) is 6.54 Å². The molecule has 2 rings (SSSR count). The number of nitrogens with two attached hydrogens (primary N) is 1. The minimum Gasteiger partial charge on any atom is -0.330 e. The molecule has 94 valence electrons. The fraction of sp³-hybridized carbons (Fsp3) is 0.600. The van der Waals surface area contributed by atoms with Crippen molar-refractivity contribution in [2.75, 3.05) is 12.3 Å². The van der Waals surface area contributed by atoms with E-state index in [2.05, 4.69) is 32.0 Å². The van der Waals surface area contributed by atoms with Crippen LogP contribution in [-0.2, 0) is 12.8 Å². The Labute approximate surface area is 109 Å². The van der Waals surface area contributed by atoms with Crippen molar-refractivity contribution in [1.29, 1.82) is 0 Å². The molecule has 0 aromatic heterocycles. The molecule has 1 aromatic carbocycles. The van der Waals surface area contributed by atoms with Crippen LogP contribution in [0.3, 0.4) is 0 Å². The molecule has 2 N–H and O–H groups in total. The smallest absolute Gasteiger partial charge is 0.00748 e. The second-order valence-electron chi connectivity index (χ2n) is 5.75. The van der Waals surface area contributed by atoms with Gasteiger partial charge in [0, 0.05) is 4.90 Å². The van der Waals surface area contributed by atoms with Gasteiger partial charge in [-0.3, -0.25) is 0 Å². The Morgan fingerprint density at radius 3 is 2.76 bits per heavy atom. The van der Waals surface area contributed by atoms with Crippen molar-refractivity contribution in [3.05, 3.63) is 29.3 Å². The van der Waals surface area contributed by atoms with Gasteiger partial charge in [-0.15, -0.1) is 11.8 Å². The summed E-state index contributed by atoms with van der Waals surface area (Å²) in [4.78, 5) is 1.43. The summed E-state index contributed by atoms with van der Waals surface area (Å²) in [5.74, 6) is 1.17. The summed E-state index contributed by atoms with van der Waals surface area (Å²) in [5, 5.41) is 0. The van der Waals surface area contributed by atoms with Gasteiger partial charge in [0.25, 0.3) is 0 Å². The summed E-state index contributed by atoms with van der Waals surface area (Å²) in [6.07, 6.45) is 5.08. The molecule has 1 aliphatic rings. The van der Waals surface area contributed by atoms with Crippen LogP contribution in [0, 0.1) is 5.41 Å². The van der Waals surface area contributed by atoms with Crippen molar-refractivity contribution in [1.82, 2.24) is 0 Å². The van der Waals surface area contributed by atoms with Crippen molar-refractivity contribution in [2.24, 2.45) is 11.1 Å². The largest absolute Gasteiger partial charge is 0.330 e. The van der Waals surface area contributed by atoms with E-state index in [1.54, 1.807) is 11.1 Å². The van der Waals surface area contributed by atoms with Crippen LogP contribution in [-0.4, -0.2) is 12.3 Å². The molecule has 0 heterocycles. The predicted octanol–water partition coefficient (Wildman–Crippen LogP) is 3.64. The molecule has 0 saturated carbocycles. The molecule has 17 heavy (non-hydrogen) atoms. The fourth-order valence-corrected chi connectivity index (χ4v) is 3.47. The molecule has 0 radical (unpaired) electrons. The topological polar surface area (TPSA) is 26.0 Å². The fourth-order valence-electron chi connectivity index (χ4n) is 2.19. The average molecular weight is 249 g/mol. The normalized spacial score (nSPS) is 15.0. The van der Waals surface area contributed by atoms with Crippen LogP contribution in [0.25, 0.3) is 0 Å². The van der Waals surface area contributed by atoms with Gasteiger partial charge in [0.15, 0.2) is 0 Å². The molecular formula is C15H23NS. The van der Waals surface area contributed by atoms with E-state index in [4.69, 9.17) is 5.73 Å². The summed E-state index contributed by atoms with van der Waals surface area (Å²) >= 11 is 1.97. The summed E-state index contributed by atoms with van der Waals surface area (Å²) in [6, 6.07) is 6.99. The number of fused-ring (bicyclic) bond motifs is 1. The SMILES string of the molecule is CC(C)(CN)CCSc1ccc2c(c1)CCC2. The lowest BCUT2D eigenvalue weighted by Crippen LogP contribution is -2.23. The number of hydrogen-bond acceptors (Lipinski definition) is 2. The monoisotopic (exact) mass is 249 g/mol. The standard InChI is InChI=1S/C15H23NS/c1-15(2,11-16)8-9-17-14-7-6-12-4-3-5-13(12)10-14/h6-7,10H,3-5,8-9,11,16H2,1-2H3. The third-order valence-electron chi connectivity index (χ3n) is 3.67. The Hall–Kier alpha value is -0.470. The number of thioether (sulfide) groups is 1. The number of aryl methyl sites for hydroxylation is 2. The minimum absolute atomic E-state index is 0.281. The molecule has 1 aromatic rings. The van der Waals surface area contributed by atoms with Crippen molar-refractivity contribution < 1.29 is 0 Å². The maximum atomic E-state index is 5.75. The van der Waals surface area contributed by atoms with Crippen molar-refractivity contribution >= 4 is 11.8 Å². The second-order valence-corrected chi connectivity index (χ2v) is 6.92. The summed E-state index contributed by atoms with van der Waals surface area (Å²) in [7, 11) is 0. The Balaban J connectivity index is 1.88. The maximum Gasteiger partial charge on any atom is 0.00748 e. The van der Waals surface area contributed by atoms with E-state index in [9.17, 15) is 0 Å². The van der Waals surface area contributed by atoms with Gasteiger partial charge in [-0.2, -0.15) is 0 Å². The van der Waals surface area contributed by atoms with Crippen LogP contribution in [0.1, 0.15) is 37.8 Å². The molecule has 1 aliphatic carbocycles. The highest BCUT2D eigenvalue weighted by Crippen LogP contribution is 2.29. The second kappa shape index (κ2) is 5.45. The summed E-state index contributed by atoms with van der Waals surface area (Å²) < 4.78 is 0. The quantitative estimate of drug-likeness (QED) is 0.806. The zero-order chi connectivity index (χ0) is 12.3. The van der Waals surface area contributed by atoms with Crippen LogP contribution >= 0.6 is 11.8 Å². The molecule has 0 bridgehead atoms. The molecule has 0 fully saturated rings. The third-order valence-corrected chi connectivity index (χ3v) is 4.67. The first-order valence-corrected chi connectivity index (χ1v) is 7.54. The van der Waals surface area contributed by atoms with Crippen molar-refractivity contribution in [3.8, 4) is 0 Å². The third kappa shape index (κ3) is 3.49. The van der Waals surface area contributed by atoms with Gasteiger partial charge < -0.3 is 5.73 Å². The molecule has 0 aliphatic heterocycles. The molecule has 0 saturated heterocycles. The summed E-state index contributed by atoms with van der Waals surface area (Å²) in [5.41, 5.74) is 9.18. The lowest BCUT2D eigenvalue weighted by Gasteiger charge is -2.21. The molecule has 0 amide bonds. The molecular weight excluding hydrogens is 226 g/mol. The first-order chi connectivity index (χ1) is 8.11. The zero-order valence-electron chi connectivity index (χ0n) is 11.0. The van der Waals surface area contributed by atoms with E-state index < -0.39 is 0 Å². The van der Waals surface area contributed by atoms with Gasteiger partial charge in [0.05, 0.1) is 0 Å². The molecule has 0 atom stereocenters. The van der Waals surface area contributed by atoms with Gasteiger partial charge >= 0.3 is 0 Å². The van der Waals surface area contributed by atoms with Crippen molar-refractivity contribution in [3.63, 3.8) is 0 Å². The molecule has 0 spiro atoms. The van der Waals surface area contributed by atoms with Crippen LogP contribution in [0.5, 0.6) is 0 Å². The highest BCUT2D eigenvalue weighted by atomic mass is 32.2. The first-order valence-electron chi connectivity index (χ1n) is 6.55. The number of benzene rings is 1. The van der Waals surface area contributed by atoms with Crippen molar-refractivity contribution in [2.45, 2.75) is 44.4 Å². The maximum absolute atomic E-state index is 5.75. The van der Waals surface area contributed by atoms with E-state index >= 15 is 0 Å². The Kier molecular flexibility index (Phi) is 4.16. The van der Waals surface area contributed by atoms with Gasteiger partial charge in [0.1, 0.15) is 0 Å².